The summed E-state index contributed by atoms with van der Waals surface area (Å²) in [4.78, 5) is 12.1. The number of benzene rings is 1. The average Bonchev–Trinajstić information content (AvgIpc) is 2.23. The monoisotopic (exact) mass is 233 g/mol. The molecule has 1 aromatic carbocycles. The maximum atomic E-state index is 12.1. The first-order valence-corrected chi connectivity index (χ1v) is 6.07. The van der Waals surface area contributed by atoms with Gasteiger partial charge in [0.15, 0.2) is 0 Å². The highest BCUT2D eigenvalue weighted by molar-refractivity contribution is 5.82. The van der Waals surface area contributed by atoms with E-state index in [2.05, 4.69) is 0 Å². The number of anilines is 1. The Morgan fingerprint density at radius 1 is 1.29 bits per heavy atom. The van der Waals surface area contributed by atoms with Gasteiger partial charge in [0.05, 0.1) is 5.41 Å². The van der Waals surface area contributed by atoms with Crippen LogP contribution in [-0.2, 0) is 14.9 Å². The van der Waals surface area contributed by atoms with E-state index in [4.69, 9.17) is 10.5 Å². The van der Waals surface area contributed by atoms with E-state index in [9.17, 15) is 4.79 Å². The quantitative estimate of drug-likeness (QED) is 0.645. The van der Waals surface area contributed by atoms with Gasteiger partial charge in [0.25, 0.3) is 0 Å². The molecule has 2 rings (SSSR count). The van der Waals surface area contributed by atoms with Gasteiger partial charge in [-0.25, -0.2) is 0 Å². The Hall–Kier alpha value is -1.51. The largest absolute Gasteiger partial charge is 0.462 e. The zero-order chi connectivity index (χ0) is 12.5. The van der Waals surface area contributed by atoms with Crippen molar-refractivity contribution in [2.24, 2.45) is 0 Å². The summed E-state index contributed by atoms with van der Waals surface area (Å²) in [6.45, 7) is 3.78. The molecule has 0 aromatic heterocycles. The molecule has 3 nitrogen and oxygen atoms in total. The van der Waals surface area contributed by atoms with Crippen LogP contribution >= 0.6 is 0 Å². The molecule has 2 N–H and O–H groups in total. The zero-order valence-electron chi connectivity index (χ0n) is 10.4. The summed E-state index contributed by atoms with van der Waals surface area (Å²) in [5.41, 5.74) is 6.68. The normalized spacial score (nSPS) is 16.4. The minimum Gasteiger partial charge on any atom is -0.462 e. The Morgan fingerprint density at radius 2 is 1.88 bits per heavy atom. The predicted octanol–water partition coefficient (Wildman–Crippen LogP) is 2.64. The fraction of sp³-hybridized carbons (Fsp3) is 0.500. The molecule has 92 valence electrons. The van der Waals surface area contributed by atoms with Gasteiger partial charge in [-0.3, -0.25) is 4.79 Å². The highest BCUT2D eigenvalue weighted by Crippen LogP contribution is 2.29. The van der Waals surface area contributed by atoms with E-state index in [1.807, 2.05) is 38.1 Å². The molecule has 0 amide bonds. The molecule has 1 saturated carbocycles. The van der Waals surface area contributed by atoms with Gasteiger partial charge in [-0.15, -0.1) is 0 Å². The van der Waals surface area contributed by atoms with Crippen LogP contribution < -0.4 is 5.73 Å². The Labute approximate surface area is 102 Å². The Kier molecular flexibility index (Phi) is 3.09. The van der Waals surface area contributed by atoms with Crippen LogP contribution in [0, 0.1) is 0 Å². The molecule has 1 aromatic rings. The third kappa shape index (κ3) is 2.43. The summed E-state index contributed by atoms with van der Waals surface area (Å²) in [7, 11) is 0. The molecule has 1 aliphatic carbocycles. The summed E-state index contributed by atoms with van der Waals surface area (Å²) in [5, 5.41) is 0. The van der Waals surface area contributed by atoms with Gasteiger partial charge in [0.1, 0.15) is 6.10 Å². The summed E-state index contributed by atoms with van der Waals surface area (Å²) in [5.74, 6) is -0.146. The van der Waals surface area contributed by atoms with Crippen molar-refractivity contribution in [3.63, 3.8) is 0 Å². The number of hydrogen-bond acceptors (Lipinski definition) is 3. The zero-order valence-corrected chi connectivity index (χ0v) is 10.4. The van der Waals surface area contributed by atoms with Crippen molar-refractivity contribution >= 4 is 11.7 Å². The summed E-state index contributed by atoms with van der Waals surface area (Å²) in [6.07, 6.45) is 3.31. The minimum absolute atomic E-state index is 0.135. The molecule has 0 spiro atoms. The number of esters is 1. The molecule has 3 heteroatoms. The van der Waals surface area contributed by atoms with Crippen LogP contribution in [0.15, 0.2) is 24.3 Å². The van der Waals surface area contributed by atoms with Gasteiger partial charge in [-0.1, -0.05) is 12.1 Å². The number of hydrogen-bond donors (Lipinski definition) is 1. The van der Waals surface area contributed by atoms with Crippen LogP contribution in [0.1, 0.15) is 38.7 Å². The smallest absolute Gasteiger partial charge is 0.316 e. The lowest BCUT2D eigenvalue weighted by Crippen LogP contribution is -2.36. The number of nitrogens with two attached hydrogens (primary N) is 1. The molecule has 0 bridgehead atoms. The summed E-state index contributed by atoms with van der Waals surface area (Å²) >= 11 is 0. The number of nitrogen functional groups attached to an aromatic ring is 1. The Morgan fingerprint density at radius 3 is 2.35 bits per heavy atom. The molecule has 0 unspecified atom stereocenters. The van der Waals surface area contributed by atoms with Crippen LogP contribution in [0.3, 0.4) is 0 Å². The standard InChI is InChI=1S/C14H19NO2/c1-14(2,10-6-8-11(15)9-7-10)13(16)17-12-4-3-5-12/h6-9,12H,3-5,15H2,1-2H3. The van der Waals surface area contributed by atoms with Crippen molar-refractivity contribution in [2.45, 2.75) is 44.6 Å². The van der Waals surface area contributed by atoms with Crippen molar-refractivity contribution in [3.8, 4) is 0 Å². The predicted molar refractivity (Wildman–Crippen MR) is 67.6 cm³/mol. The third-order valence-corrected chi connectivity index (χ3v) is 3.47. The lowest BCUT2D eigenvalue weighted by atomic mass is 9.84. The molecule has 1 fully saturated rings. The van der Waals surface area contributed by atoms with Crippen LogP contribution in [0.5, 0.6) is 0 Å². The Bertz CT molecular complexity index is 405. The molecular weight excluding hydrogens is 214 g/mol. The van der Waals surface area contributed by atoms with Gasteiger partial charge in [-0.2, -0.15) is 0 Å². The summed E-state index contributed by atoms with van der Waals surface area (Å²) in [6, 6.07) is 7.40. The highest BCUT2D eigenvalue weighted by Gasteiger charge is 2.34. The first kappa shape index (κ1) is 12.0. The molecule has 0 aliphatic heterocycles. The molecule has 0 heterocycles. The van der Waals surface area contributed by atoms with Crippen molar-refractivity contribution in [1.82, 2.24) is 0 Å². The second-order valence-electron chi connectivity index (χ2n) is 5.21. The van der Waals surface area contributed by atoms with E-state index in [0.29, 0.717) is 5.69 Å². The van der Waals surface area contributed by atoms with Gasteiger partial charge < -0.3 is 10.5 Å². The fourth-order valence-corrected chi connectivity index (χ4v) is 1.80. The van der Waals surface area contributed by atoms with E-state index in [0.717, 1.165) is 18.4 Å². The number of ether oxygens (including phenoxy) is 1. The molecular formula is C14H19NO2. The van der Waals surface area contributed by atoms with Gasteiger partial charge in [0, 0.05) is 5.69 Å². The van der Waals surface area contributed by atoms with Crippen LogP contribution in [0.4, 0.5) is 5.69 Å². The fourth-order valence-electron chi connectivity index (χ4n) is 1.80. The van der Waals surface area contributed by atoms with Crippen molar-refractivity contribution in [3.05, 3.63) is 29.8 Å². The second kappa shape index (κ2) is 4.40. The molecule has 17 heavy (non-hydrogen) atoms. The molecule has 1 aliphatic rings. The van der Waals surface area contributed by atoms with E-state index < -0.39 is 5.41 Å². The molecule has 0 atom stereocenters. The molecule has 0 radical (unpaired) electrons. The van der Waals surface area contributed by atoms with E-state index in [1.165, 1.54) is 6.42 Å². The minimum atomic E-state index is -0.608. The van der Waals surface area contributed by atoms with E-state index >= 15 is 0 Å². The van der Waals surface area contributed by atoms with Crippen molar-refractivity contribution < 1.29 is 9.53 Å². The number of carbonyl (C=O) groups is 1. The SMILES string of the molecule is CC(C)(C(=O)OC1CCC1)c1ccc(N)cc1. The lowest BCUT2D eigenvalue weighted by molar-refractivity contribution is -0.158. The van der Waals surface area contributed by atoms with Gasteiger partial charge >= 0.3 is 5.97 Å². The highest BCUT2D eigenvalue weighted by atomic mass is 16.5. The van der Waals surface area contributed by atoms with E-state index in [-0.39, 0.29) is 12.1 Å². The molecule has 0 saturated heterocycles. The van der Waals surface area contributed by atoms with E-state index in [1.54, 1.807) is 0 Å². The maximum absolute atomic E-state index is 12.1. The number of rotatable bonds is 3. The van der Waals surface area contributed by atoms with Crippen LogP contribution in [-0.4, -0.2) is 12.1 Å². The lowest BCUT2D eigenvalue weighted by Gasteiger charge is -2.30. The first-order chi connectivity index (χ1) is 8.00. The van der Waals surface area contributed by atoms with Crippen molar-refractivity contribution in [2.75, 3.05) is 5.73 Å². The maximum Gasteiger partial charge on any atom is 0.316 e. The van der Waals surface area contributed by atoms with Gasteiger partial charge in [-0.05, 0) is 50.8 Å². The van der Waals surface area contributed by atoms with Crippen LogP contribution in [0.2, 0.25) is 0 Å². The van der Waals surface area contributed by atoms with Crippen molar-refractivity contribution in [1.29, 1.82) is 0 Å². The first-order valence-electron chi connectivity index (χ1n) is 6.07. The topological polar surface area (TPSA) is 52.3 Å². The second-order valence-corrected chi connectivity index (χ2v) is 5.21. The third-order valence-electron chi connectivity index (χ3n) is 3.47. The summed E-state index contributed by atoms with van der Waals surface area (Å²) < 4.78 is 5.47. The number of carbonyl (C=O) groups excluding carboxylic acids is 1. The van der Waals surface area contributed by atoms with Crippen LogP contribution in [0.25, 0.3) is 0 Å². The van der Waals surface area contributed by atoms with Gasteiger partial charge in [0.2, 0.25) is 0 Å². The average molecular weight is 233 g/mol. The Balaban J connectivity index is 2.10.